The van der Waals surface area contributed by atoms with Crippen LogP contribution in [0.1, 0.15) is 226 Å². The third-order valence-corrected chi connectivity index (χ3v) is 10.8. The zero-order chi connectivity index (χ0) is 37.0. The van der Waals surface area contributed by atoms with Crippen molar-refractivity contribution >= 4 is 8.60 Å². The minimum atomic E-state index is -1.65. The van der Waals surface area contributed by atoms with E-state index in [0.29, 0.717) is 32.8 Å². The predicted octanol–water partition coefficient (Wildman–Crippen LogP) is 14.1. The topological polar surface area (TPSA) is 75.6 Å². The van der Waals surface area contributed by atoms with Gasteiger partial charge in [0.25, 0.3) is 0 Å². The van der Waals surface area contributed by atoms with Crippen molar-refractivity contribution in [3.63, 3.8) is 0 Å². The molecule has 2 unspecified atom stereocenters. The van der Waals surface area contributed by atoms with Crippen LogP contribution in [0.25, 0.3) is 0 Å². The van der Waals surface area contributed by atoms with Gasteiger partial charge in [0.15, 0.2) is 0 Å². The van der Waals surface area contributed by atoms with Crippen molar-refractivity contribution in [2.24, 2.45) is 0 Å². The van der Waals surface area contributed by atoms with Gasteiger partial charge in [0.2, 0.25) is 0 Å². The smallest absolute Gasteiger partial charge is 0.362 e. The number of aliphatic hydroxyl groups excluding tert-OH is 1. The highest BCUT2D eigenvalue weighted by Gasteiger charge is 2.18. The Kier molecular flexibility index (Phi) is 46.4. The average molecular weight is 749 g/mol. The van der Waals surface area contributed by atoms with E-state index in [1.54, 1.807) is 0 Å². The van der Waals surface area contributed by atoms with Crippen molar-refractivity contribution in [3.05, 3.63) is 0 Å². The molecular weight excluding hydrogens is 659 g/mol. The third-order valence-electron chi connectivity index (χ3n) is 9.80. The van der Waals surface area contributed by atoms with E-state index in [-0.39, 0.29) is 12.7 Å². The van der Waals surface area contributed by atoms with Crippen molar-refractivity contribution in [2.75, 3.05) is 46.8 Å². The Morgan fingerprint density at radius 2 is 0.784 bits per heavy atom. The molecule has 308 valence electrons. The lowest BCUT2D eigenvalue weighted by Crippen LogP contribution is -2.26. The third kappa shape index (κ3) is 42.8. The van der Waals surface area contributed by atoms with Gasteiger partial charge in [-0.15, -0.1) is 0 Å². The number of aliphatic hydroxyl groups is 1. The lowest BCUT2D eigenvalue weighted by molar-refractivity contribution is -0.192. The van der Waals surface area contributed by atoms with Crippen LogP contribution < -0.4 is 0 Å². The Bertz CT molecular complexity index is 615. The first-order valence-electron chi connectivity index (χ1n) is 22.3. The minimum absolute atomic E-state index is 0.0639. The van der Waals surface area contributed by atoms with Gasteiger partial charge in [-0.05, 0) is 19.3 Å². The second-order valence-electron chi connectivity index (χ2n) is 14.8. The molecule has 1 N–H and O–H groups in total. The number of hydrogen-bond acceptors (Lipinski definition) is 7. The van der Waals surface area contributed by atoms with Crippen LogP contribution >= 0.6 is 8.60 Å². The van der Waals surface area contributed by atoms with Crippen molar-refractivity contribution in [1.29, 1.82) is 0 Å². The second-order valence-corrected chi connectivity index (χ2v) is 16.0. The molecule has 0 aromatic rings. The van der Waals surface area contributed by atoms with Crippen molar-refractivity contribution in [2.45, 2.75) is 232 Å². The van der Waals surface area contributed by atoms with E-state index in [9.17, 15) is 0 Å². The molecule has 0 radical (unpaired) electrons. The quantitative estimate of drug-likeness (QED) is 0.0287. The molecule has 0 saturated carbocycles. The monoisotopic (exact) mass is 749 g/mol. The summed E-state index contributed by atoms with van der Waals surface area (Å²) >= 11 is 0. The van der Waals surface area contributed by atoms with Crippen LogP contribution in [0.15, 0.2) is 0 Å². The molecule has 0 spiro atoms. The molecule has 0 aromatic heterocycles. The molecule has 0 heterocycles. The Morgan fingerprint density at radius 1 is 0.412 bits per heavy atom. The Hall–Kier alpha value is 0.150. The highest BCUT2D eigenvalue weighted by atomic mass is 31.2. The van der Waals surface area contributed by atoms with Gasteiger partial charge in [-0.2, -0.15) is 4.67 Å². The Labute approximate surface area is 319 Å². The zero-order valence-electron chi connectivity index (χ0n) is 34.5. The number of rotatable bonds is 46. The van der Waals surface area contributed by atoms with Crippen molar-refractivity contribution < 1.29 is 33.2 Å². The Balaban J connectivity index is 3.97. The lowest BCUT2D eigenvalue weighted by atomic mass is 10.0. The van der Waals surface area contributed by atoms with Crippen LogP contribution in [0.4, 0.5) is 0 Å². The molecule has 51 heavy (non-hydrogen) atoms. The summed E-state index contributed by atoms with van der Waals surface area (Å²) in [5, 5.41) is 9.06. The molecule has 0 bridgehead atoms. The SMILES string of the molecule is CCCCCCCCCCCCCCCCCCOCC(COP(OCCCO)OOC)OCCCCCCCCCCCCCCCCCC. The first-order chi connectivity index (χ1) is 25.3. The molecule has 7 nitrogen and oxygen atoms in total. The summed E-state index contributed by atoms with van der Waals surface area (Å²) in [4.78, 5) is 4.81. The second kappa shape index (κ2) is 46.3. The van der Waals surface area contributed by atoms with Gasteiger partial charge in [0.1, 0.15) is 6.10 Å². The molecule has 0 aliphatic heterocycles. The summed E-state index contributed by atoms with van der Waals surface area (Å²) in [5.41, 5.74) is 0. The van der Waals surface area contributed by atoms with Crippen LogP contribution in [-0.2, 0) is 28.1 Å². The number of unbranched alkanes of at least 4 members (excludes halogenated alkanes) is 30. The van der Waals surface area contributed by atoms with E-state index in [2.05, 4.69) is 13.8 Å². The van der Waals surface area contributed by atoms with Crippen LogP contribution in [0.3, 0.4) is 0 Å². The maximum absolute atomic E-state index is 9.06. The molecule has 2 atom stereocenters. The van der Waals surface area contributed by atoms with Crippen LogP contribution in [0.2, 0.25) is 0 Å². The van der Waals surface area contributed by atoms with Gasteiger partial charge < -0.3 is 23.6 Å². The summed E-state index contributed by atoms with van der Waals surface area (Å²) in [6.07, 6.45) is 44.1. The summed E-state index contributed by atoms with van der Waals surface area (Å²) < 4.78 is 28.9. The summed E-state index contributed by atoms with van der Waals surface area (Å²) in [5.74, 6) is 0. The fraction of sp³-hybridized carbons (Fsp3) is 1.00. The highest BCUT2D eigenvalue weighted by Crippen LogP contribution is 2.40. The summed E-state index contributed by atoms with van der Waals surface area (Å²) in [6, 6.07) is 0. The maximum Gasteiger partial charge on any atom is 0.362 e. The van der Waals surface area contributed by atoms with Crippen LogP contribution in [0.5, 0.6) is 0 Å². The van der Waals surface area contributed by atoms with E-state index >= 15 is 0 Å². The zero-order valence-corrected chi connectivity index (χ0v) is 35.4. The van der Waals surface area contributed by atoms with Gasteiger partial charge in [0.05, 0.1) is 26.9 Å². The maximum atomic E-state index is 9.06. The number of hydrogen-bond donors (Lipinski definition) is 1. The standard InChI is InChI=1S/C43H89O7P/c1-4-6-8-10-12-14-16-18-20-22-24-26-28-30-32-34-38-46-41-43(42-49-51(50-45-3)48-40-36-37-44)47-39-35-33-31-29-27-25-23-21-19-17-15-13-11-9-7-5-2/h43-44H,4-42H2,1-3H3. The molecule has 0 rings (SSSR count). The summed E-state index contributed by atoms with van der Waals surface area (Å²) in [6.45, 7) is 7.30. The largest absolute Gasteiger partial charge is 0.396 e. The first-order valence-corrected chi connectivity index (χ1v) is 23.4. The molecule has 0 amide bonds. The average Bonchev–Trinajstić information content (AvgIpc) is 3.14. The van der Waals surface area contributed by atoms with Crippen molar-refractivity contribution in [1.82, 2.24) is 0 Å². The first kappa shape index (κ1) is 51.1. The van der Waals surface area contributed by atoms with E-state index < -0.39 is 8.60 Å². The Morgan fingerprint density at radius 3 is 1.16 bits per heavy atom. The fourth-order valence-corrected chi connectivity index (χ4v) is 7.35. The highest BCUT2D eigenvalue weighted by molar-refractivity contribution is 7.41. The lowest BCUT2D eigenvalue weighted by Gasteiger charge is -2.21. The van der Waals surface area contributed by atoms with Gasteiger partial charge in [-0.25, -0.2) is 4.89 Å². The molecule has 0 saturated heterocycles. The van der Waals surface area contributed by atoms with Gasteiger partial charge in [-0.3, -0.25) is 0 Å². The molecule has 0 aliphatic rings. The predicted molar refractivity (Wildman–Crippen MR) is 218 cm³/mol. The van der Waals surface area contributed by atoms with Gasteiger partial charge >= 0.3 is 8.60 Å². The van der Waals surface area contributed by atoms with E-state index in [0.717, 1.165) is 19.4 Å². The van der Waals surface area contributed by atoms with E-state index in [1.807, 2.05) is 0 Å². The number of ether oxygens (including phenoxy) is 2. The van der Waals surface area contributed by atoms with Gasteiger partial charge in [0, 0.05) is 19.8 Å². The normalized spacial score (nSPS) is 12.9. The molecule has 0 aromatic carbocycles. The molecule has 8 heteroatoms. The van der Waals surface area contributed by atoms with Crippen molar-refractivity contribution in [3.8, 4) is 0 Å². The minimum Gasteiger partial charge on any atom is -0.396 e. The van der Waals surface area contributed by atoms with E-state index in [4.69, 9.17) is 33.2 Å². The van der Waals surface area contributed by atoms with Crippen LogP contribution in [-0.4, -0.2) is 58.0 Å². The summed E-state index contributed by atoms with van der Waals surface area (Å²) in [7, 11) is -0.210. The van der Waals surface area contributed by atoms with E-state index in [1.165, 1.54) is 200 Å². The fourth-order valence-electron chi connectivity index (χ4n) is 6.50. The van der Waals surface area contributed by atoms with Crippen LogP contribution in [0, 0.1) is 0 Å². The molecule has 0 fully saturated rings. The molecular formula is C43H89O7P. The van der Waals surface area contributed by atoms with Gasteiger partial charge in [-0.1, -0.05) is 206 Å². The molecule has 0 aliphatic carbocycles.